The van der Waals surface area contributed by atoms with Crippen molar-refractivity contribution >= 4 is 21.6 Å². The van der Waals surface area contributed by atoms with Gasteiger partial charge in [0.1, 0.15) is 12.3 Å². The van der Waals surface area contributed by atoms with Crippen LogP contribution in [0.4, 0.5) is 5.69 Å². The van der Waals surface area contributed by atoms with Gasteiger partial charge in [-0.1, -0.05) is 48.0 Å². The van der Waals surface area contributed by atoms with Crippen LogP contribution in [0, 0.1) is 20.8 Å². The highest BCUT2D eigenvalue weighted by molar-refractivity contribution is 7.92. The number of benzene rings is 3. The zero-order valence-corrected chi connectivity index (χ0v) is 20.4. The number of anilines is 1. The van der Waals surface area contributed by atoms with Crippen LogP contribution in [-0.2, 0) is 14.8 Å². The van der Waals surface area contributed by atoms with Crippen LogP contribution in [0.3, 0.4) is 0 Å². The van der Waals surface area contributed by atoms with Gasteiger partial charge in [0.2, 0.25) is 5.91 Å². The van der Waals surface area contributed by atoms with E-state index in [1.54, 1.807) is 30.3 Å². The quantitative estimate of drug-likeness (QED) is 0.522. The maximum absolute atomic E-state index is 13.6. The normalized spacial score (nSPS) is 12.2. The molecule has 0 aliphatic rings. The van der Waals surface area contributed by atoms with Gasteiger partial charge in [-0.25, -0.2) is 8.42 Å². The Balaban J connectivity index is 1.97. The molecule has 0 radical (unpaired) electrons. The predicted molar refractivity (Wildman–Crippen MR) is 131 cm³/mol. The lowest BCUT2D eigenvalue weighted by Crippen LogP contribution is -2.41. The second-order valence-corrected chi connectivity index (χ2v) is 10.0. The second-order valence-electron chi connectivity index (χ2n) is 8.15. The first-order valence-electron chi connectivity index (χ1n) is 10.7. The molecule has 0 aliphatic carbocycles. The molecule has 3 aromatic carbocycles. The van der Waals surface area contributed by atoms with E-state index < -0.39 is 15.9 Å². The molecule has 0 bridgehead atoms. The van der Waals surface area contributed by atoms with Crippen molar-refractivity contribution in [3.8, 4) is 5.75 Å². The summed E-state index contributed by atoms with van der Waals surface area (Å²) in [5.74, 6) is -0.0409. The molecule has 33 heavy (non-hydrogen) atoms. The molecule has 1 N–H and O–H groups in total. The number of sulfonamides is 1. The smallest absolute Gasteiger partial charge is 0.264 e. The highest BCUT2D eigenvalue weighted by Gasteiger charge is 2.30. The molecular weight excluding hydrogens is 436 g/mol. The molecule has 0 fully saturated rings. The Hall–Kier alpha value is -3.32. The fourth-order valence-electron chi connectivity index (χ4n) is 3.82. The third kappa shape index (κ3) is 5.54. The van der Waals surface area contributed by atoms with Gasteiger partial charge in [0.15, 0.2) is 0 Å². The van der Waals surface area contributed by atoms with Crippen LogP contribution in [0.15, 0.2) is 71.6 Å². The highest BCUT2D eigenvalue weighted by atomic mass is 32.2. The number of nitrogens with one attached hydrogen (secondary N) is 1. The summed E-state index contributed by atoms with van der Waals surface area (Å²) >= 11 is 0. The van der Waals surface area contributed by atoms with Crippen LogP contribution >= 0.6 is 0 Å². The van der Waals surface area contributed by atoms with E-state index in [0.717, 1.165) is 26.6 Å². The summed E-state index contributed by atoms with van der Waals surface area (Å²) in [5, 5.41) is 2.95. The summed E-state index contributed by atoms with van der Waals surface area (Å²) in [6, 6.07) is 19.1. The van der Waals surface area contributed by atoms with E-state index in [2.05, 4.69) is 11.4 Å². The SMILES string of the molecule is COc1ccc(C)cc1N(CC(=O)N[C@@H](C)c1ccc(C)cc1C)S(=O)(=O)c1ccccc1. The number of hydrogen-bond acceptors (Lipinski definition) is 4. The standard InChI is InChI=1S/C26H30N2O4S/c1-18-11-13-23(20(3)15-18)21(4)27-26(29)17-28(24-16-19(2)12-14-25(24)32-5)33(30,31)22-9-7-6-8-10-22/h6-16,21H,17H2,1-5H3,(H,27,29)/t21-/m0/s1. The van der Waals surface area contributed by atoms with Crippen molar-refractivity contribution in [1.82, 2.24) is 5.32 Å². The van der Waals surface area contributed by atoms with Crippen LogP contribution in [0.2, 0.25) is 0 Å². The molecule has 0 saturated heterocycles. The first-order valence-corrected chi connectivity index (χ1v) is 12.2. The molecule has 174 valence electrons. The summed E-state index contributed by atoms with van der Waals surface area (Å²) in [6.45, 7) is 7.38. The number of carbonyl (C=O) groups excluding carboxylic acids is 1. The number of aryl methyl sites for hydroxylation is 3. The first-order chi connectivity index (χ1) is 15.6. The minimum atomic E-state index is -4.02. The van der Waals surface area contributed by atoms with E-state index in [1.807, 2.05) is 45.9 Å². The number of hydrogen-bond donors (Lipinski definition) is 1. The van der Waals surface area contributed by atoms with E-state index in [-0.39, 0.29) is 17.5 Å². The minimum absolute atomic E-state index is 0.101. The average Bonchev–Trinajstić information content (AvgIpc) is 2.77. The Labute approximate surface area is 196 Å². The molecule has 0 spiro atoms. The van der Waals surface area contributed by atoms with Gasteiger partial charge < -0.3 is 10.1 Å². The summed E-state index contributed by atoms with van der Waals surface area (Å²) in [6.07, 6.45) is 0. The molecule has 6 nitrogen and oxygen atoms in total. The van der Waals surface area contributed by atoms with Crippen molar-refractivity contribution in [2.24, 2.45) is 0 Å². The fraction of sp³-hybridized carbons (Fsp3) is 0.269. The Morgan fingerprint density at radius 3 is 2.24 bits per heavy atom. The molecule has 1 atom stereocenters. The molecule has 3 aromatic rings. The third-order valence-corrected chi connectivity index (χ3v) is 7.26. The Morgan fingerprint density at radius 1 is 0.970 bits per heavy atom. The lowest BCUT2D eigenvalue weighted by Gasteiger charge is -2.27. The number of rotatable bonds is 8. The maximum Gasteiger partial charge on any atom is 0.264 e. The molecule has 0 heterocycles. The molecule has 7 heteroatoms. The van der Waals surface area contributed by atoms with Crippen molar-refractivity contribution in [1.29, 1.82) is 0 Å². The lowest BCUT2D eigenvalue weighted by molar-refractivity contribution is -0.120. The van der Waals surface area contributed by atoms with E-state index in [1.165, 1.54) is 19.2 Å². The third-order valence-electron chi connectivity index (χ3n) is 5.49. The topological polar surface area (TPSA) is 75.7 Å². The van der Waals surface area contributed by atoms with Gasteiger partial charge >= 0.3 is 0 Å². The largest absolute Gasteiger partial charge is 0.495 e. The Bertz CT molecular complexity index is 1240. The molecule has 0 aliphatic heterocycles. The van der Waals surface area contributed by atoms with Crippen LogP contribution in [0.1, 0.15) is 35.2 Å². The first kappa shape index (κ1) is 24.3. The van der Waals surface area contributed by atoms with E-state index in [0.29, 0.717) is 11.4 Å². The van der Waals surface area contributed by atoms with Gasteiger partial charge in [-0.15, -0.1) is 0 Å². The van der Waals surface area contributed by atoms with Gasteiger partial charge in [-0.05, 0) is 68.7 Å². The van der Waals surface area contributed by atoms with E-state index in [4.69, 9.17) is 4.74 Å². The highest BCUT2D eigenvalue weighted by Crippen LogP contribution is 2.33. The number of nitrogens with zero attached hydrogens (tertiary/aromatic N) is 1. The zero-order chi connectivity index (χ0) is 24.2. The van der Waals surface area contributed by atoms with Crippen molar-refractivity contribution in [2.75, 3.05) is 18.0 Å². The number of amides is 1. The molecule has 0 unspecified atom stereocenters. The summed E-state index contributed by atoms with van der Waals surface area (Å²) in [7, 11) is -2.54. The van der Waals surface area contributed by atoms with Crippen LogP contribution in [0.25, 0.3) is 0 Å². The summed E-state index contributed by atoms with van der Waals surface area (Å²) in [4.78, 5) is 13.2. The van der Waals surface area contributed by atoms with Gasteiger partial charge in [0.25, 0.3) is 10.0 Å². The molecule has 0 saturated carbocycles. The molecule has 0 aromatic heterocycles. The maximum atomic E-state index is 13.6. The Morgan fingerprint density at radius 2 is 1.61 bits per heavy atom. The van der Waals surface area contributed by atoms with Crippen molar-refractivity contribution in [2.45, 2.75) is 38.6 Å². The number of methoxy groups -OCH3 is 1. The van der Waals surface area contributed by atoms with Crippen LogP contribution in [-0.4, -0.2) is 28.0 Å². The van der Waals surface area contributed by atoms with Crippen LogP contribution in [0.5, 0.6) is 5.75 Å². The Kier molecular flexibility index (Phi) is 7.43. The monoisotopic (exact) mass is 466 g/mol. The van der Waals surface area contributed by atoms with Gasteiger partial charge in [-0.2, -0.15) is 0 Å². The zero-order valence-electron chi connectivity index (χ0n) is 19.6. The molecular formula is C26H30N2O4S. The lowest BCUT2D eigenvalue weighted by atomic mass is 10.0. The predicted octanol–water partition coefficient (Wildman–Crippen LogP) is 4.69. The fourth-order valence-corrected chi connectivity index (χ4v) is 5.27. The van der Waals surface area contributed by atoms with Crippen molar-refractivity contribution < 1.29 is 17.9 Å². The molecule has 1 amide bonds. The minimum Gasteiger partial charge on any atom is -0.495 e. The van der Waals surface area contributed by atoms with E-state index >= 15 is 0 Å². The average molecular weight is 467 g/mol. The summed E-state index contributed by atoms with van der Waals surface area (Å²) in [5.41, 5.74) is 4.36. The van der Waals surface area contributed by atoms with Gasteiger partial charge in [0.05, 0.1) is 23.7 Å². The van der Waals surface area contributed by atoms with Crippen molar-refractivity contribution in [3.05, 3.63) is 89.0 Å². The number of carbonyl (C=O) groups is 1. The second kappa shape index (κ2) is 10.1. The van der Waals surface area contributed by atoms with Crippen molar-refractivity contribution in [3.63, 3.8) is 0 Å². The van der Waals surface area contributed by atoms with Crippen LogP contribution < -0.4 is 14.4 Å². The van der Waals surface area contributed by atoms with Gasteiger partial charge in [0, 0.05) is 0 Å². The molecule has 3 rings (SSSR count). The number of ether oxygens (including phenoxy) is 1. The van der Waals surface area contributed by atoms with Gasteiger partial charge in [-0.3, -0.25) is 9.10 Å². The summed E-state index contributed by atoms with van der Waals surface area (Å²) < 4.78 is 33.7. The van der Waals surface area contributed by atoms with E-state index in [9.17, 15) is 13.2 Å².